The van der Waals surface area contributed by atoms with Crippen molar-refractivity contribution in [3.63, 3.8) is 0 Å². The largest absolute Gasteiger partial charge is 0.340 e. The Balaban J connectivity index is 1.91. The van der Waals surface area contributed by atoms with E-state index in [0.29, 0.717) is 5.95 Å². The Bertz CT molecular complexity index is 857. The van der Waals surface area contributed by atoms with Crippen molar-refractivity contribution in [3.8, 4) is 0 Å². The van der Waals surface area contributed by atoms with Crippen molar-refractivity contribution in [2.24, 2.45) is 0 Å². The number of hydrogen-bond acceptors (Lipinski definition) is 4. The fraction of sp³-hybridized carbons (Fsp3) is 0.158. The van der Waals surface area contributed by atoms with Crippen molar-refractivity contribution in [3.05, 3.63) is 69.8 Å². The molecule has 1 aromatic heterocycles. The summed E-state index contributed by atoms with van der Waals surface area (Å²) in [6.45, 7) is 6.13. The molecule has 1 heterocycles. The maximum atomic E-state index is 4.59. The van der Waals surface area contributed by atoms with Crippen LogP contribution in [0.1, 0.15) is 16.8 Å². The minimum Gasteiger partial charge on any atom is -0.340 e. The van der Waals surface area contributed by atoms with E-state index in [1.54, 1.807) is 0 Å². The van der Waals surface area contributed by atoms with Gasteiger partial charge >= 0.3 is 0 Å². The van der Waals surface area contributed by atoms with E-state index in [9.17, 15) is 0 Å². The van der Waals surface area contributed by atoms with Crippen molar-refractivity contribution in [2.45, 2.75) is 20.8 Å². The molecule has 2 aromatic carbocycles. The van der Waals surface area contributed by atoms with Crippen LogP contribution in [-0.4, -0.2) is 9.97 Å². The first-order valence-corrected chi connectivity index (χ1v) is 8.53. The molecule has 0 fully saturated rings. The second-order valence-corrected chi connectivity index (χ2v) is 6.57. The SMILES string of the molecule is Cc1cc(Nc2c(C)cccc2C)nc(Nc2ccccc2Br)n1. The third kappa shape index (κ3) is 3.74. The smallest absolute Gasteiger partial charge is 0.229 e. The molecule has 0 amide bonds. The molecule has 0 aliphatic rings. The van der Waals surface area contributed by atoms with Crippen LogP contribution >= 0.6 is 15.9 Å². The minimum absolute atomic E-state index is 0.565. The zero-order chi connectivity index (χ0) is 17.1. The van der Waals surface area contributed by atoms with Gasteiger partial charge in [0.1, 0.15) is 5.82 Å². The summed E-state index contributed by atoms with van der Waals surface area (Å²) in [6.07, 6.45) is 0. The first-order valence-electron chi connectivity index (χ1n) is 7.73. The van der Waals surface area contributed by atoms with Gasteiger partial charge in [-0.15, -0.1) is 0 Å². The molecule has 3 rings (SSSR count). The van der Waals surface area contributed by atoms with Crippen LogP contribution in [0.3, 0.4) is 0 Å². The van der Waals surface area contributed by atoms with Crippen LogP contribution in [0.5, 0.6) is 0 Å². The maximum absolute atomic E-state index is 4.59. The molecule has 4 nitrogen and oxygen atoms in total. The molecular weight excluding hydrogens is 364 g/mol. The van der Waals surface area contributed by atoms with Gasteiger partial charge in [-0.25, -0.2) is 4.98 Å². The van der Waals surface area contributed by atoms with E-state index in [1.165, 1.54) is 11.1 Å². The molecule has 122 valence electrons. The number of rotatable bonds is 4. The lowest BCUT2D eigenvalue weighted by atomic mass is 10.1. The Morgan fingerprint density at radius 3 is 2.25 bits per heavy atom. The van der Waals surface area contributed by atoms with Gasteiger partial charge in [0.25, 0.3) is 0 Å². The summed E-state index contributed by atoms with van der Waals surface area (Å²) in [5.41, 5.74) is 5.29. The number of nitrogens with one attached hydrogen (secondary N) is 2. The third-order valence-corrected chi connectivity index (χ3v) is 4.40. The molecular formula is C19H19BrN4. The summed E-state index contributed by atoms with van der Waals surface area (Å²) in [4.78, 5) is 9.07. The van der Waals surface area contributed by atoms with Crippen molar-refractivity contribution in [2.75, 3.05) is 10.6 Å². The van der Waals surface area contributed by atoms with Crippen LogP contribution in [0.15, 0.2) is 53.0 Å². The molecule has 0 aliphatic heterocycles. The Morgan fingerprint density at radius 1 is 0.833 bits per heavy atom. The average Bonchev–Trinajstić information content (AvgIpc) is 2.53. The first-order chi connectivity index (χ1) is 11.5. The molecule has 0 spiro atoms. The molecule has 0 saturated carbocycles. The fourth-order valence-corrected chi connectivity index (χ4v) is 2.90. The van der Waals surface area contributed by atoms with E-state index in [-0.39, 0.29) is 0 Å². The molecule has 24 heavy (non-hydrogen) atoms. The monoisotopic (exact) mass is 382 g/mol. The highest BCUT2D eigenvalue weighted by atomic mass is 79.9. The molecule has 0 unspecified atom stereocenters. The summed E-state index contributed by atoms with van der Waals surface area (Å²) >= 11 is 3.53. The average molecular weight is 383 g/mol. The number of benzene rings is 2. The summed E-state index contributed by atoms with van der Waals surface area (Å²) in [5, 5.41) is 6.68. The van der Waals surface area contributed by atoms with Gasteiger partial charge in [-0.1, -0.05) is 30.3 Å². The van der Waals surface area contributed by atoms with E-state index in [0.717, 1.165) is 27.4 Å². The van der Waals surface area contributed by atoms with Crippen LogP contribution in [0.4, 0.5) is 23.1 Å². The molecule has 0 saturated heterocycles. The van der Waals surface area contributed by atoms with Gasteiger partial charge in [-0.2, -0.15) is 4.98 Å². The predicted molar refractivity (Wildman–Crippen MR) is 103 cm³/mol. The highest BCUT2D eigenvalue weighted by Crippen LogP contribution is 2.26. The van der Waals surface area contributed by atoms with Crippen LogP contribution in [-0.2, 0) is 0 Å². The molecule has 5 heteroatoms. The van der Waals surface area contributed by atoms with Gasteiger partial charge in [-0.3, -0.25) is 0 Å². The Hall–Kier alpha value is -2.40. The third-order valence-electron chi connectivity index (χ3n) is 3.71. The number of aromatic nitrogens is 2. The summed E-state index contributed by atoms with van der Waals surface area (Å²) in [5.74, 6) is 1.34. The predicted octanol–water partition coefficient (Wildman–Crippen LogP) is 5.65. The fourth-order valence-electron chi connectivity index (χ4n) is 2.51. The van der Waals surface area contributed by atoms with Crippen LogP contribution in [0.25, 0.3) is 0 Å². The van der Waals surface area contributed by atoms with Crippen molar-refractivity contribution < 1.29 is 0 Å². The second kappa shape index (κ2) is 7.01. The lowest BCUT2D eigenvalue weighted by molar-refractivity contribution is 1.10. The van der Waals surface area contributed by atoms with Crippen molar-refractivity contribution in [1.82, 2.24) is 9.97 Å². The molecule has 0 bridgehead atoms. The number of anilines is 4. The number of hydrogen-bond donors (Lipinski definition) is 2. The number of nitrogens with zero attached hydrogens (tertiary/aromatic N) is 2. The van der Waals surface area contributed by atoms with Gasteiger partial charge in [0.05, 0.1) is 5.69 Å². The second-order valence-electron chi connectivity index (χ2n) is 5.71. The number of halogens is 1. The van der Waals surface area contributed by atoms with Crippen LogP contribution in [0, 0.1) is 20.8 Å². The van der Waals surface area contributed by atoms with Crippen LogP contribution in [0.2, 0.25) is 0 Å². The molecule has 0 aliphatic carbocycles. The van der Waals surface area contributed by atoms with E-state index in [2.05, 4.69) is 68.6 Å². The molecule has 0 atom stereocenters. The van der Waals surface area contributed by atoms with E-state index < -0.39 is 0 Å². The zero-order valence-corrected chi connectivity index (χ0v) is 15.5. The Kier molecular flexibility index (Phi) is 4.81. The molecule has 0 radical (unpaired) electrons. The van der Waals surface area contributed by atoms with Gasteiger partial charge in [0.15, 0.2) is 0 Å². The summed E-state index contributed by atoms with van der Waals surface area (Å²) in [6, 6.07) is 16.1. The normalized spacial score (nSPS) is 10.5. The van der Waals surface area contributed by atoms with E-state index in [4.69, 9.17) is 0 Å². The highest BCUT2D eigenvalue weighted by Gasteiger charge is 2.07. The highest BCUT2D eigenvalue weighted by molar-refractivity contribution is 9.10. The van der Waals surface area contributed by atoms with E-state index >= 15 is 0 Å². The maximum Gasteiger partial charge on any atom is 0.229 e. The van der Waals surface area contributed by atoms with Gasteiger partial charge < -0.3 is 10.6 Å². The Morgan fingerprint density at radius 2 is 1.54 bits per heavy atom. The summed E-state index contributed by atoms with van der Waals surface area (Å²) in [7, 11) is 0. The summed E-state index contributed by atoms with van der Waals surface area (Å²) < 4.78 is 0.972. The van der Waals surface area contributed by atoms with Crippen LogP contribution < -0.4 is 10.6 Å². The van der Waals surface area contributed by atoms with Gasteiger partial charge in [0, 0.05) is 21.9 Å². The number of aryl methyl sites for hydroxylation is 3. The molecule has 2 N–H and O–H groups in total. The quantitative estimate of drug-likeness (QED) is 0.611. The lowest BCUT2D eigenvalue weighted by Gasteiger charge is -2.14. The van der Waals surface area contributed by atoms with Crippen molar-refractivity contribution in [1.29, 1.82) is 0 Å². The number of para-hydroxylation sites is 2. The standard InChI is InChI=1S/C19H19BrN4/c1-12-7-6-8-13(2)18(12)23-17-11-14(3)21-19(24-17)22-16-10-5-4-9-15(16)20/h4-11H,1-3H3,(H2,21,22,23,24). The van der Waals surface area contributed by atoms with E-state index in [1.807, 2.05) is 37.3 Å². The minimum atomic E-state index is 0.565. The van der Waals surface area contributed by atoms with Gasteiger partial charge in [0.2, 0.25) is 5.95 Å². The molecule has 3 aromatic rings. The Labute approximate surface area is 150 Å². The topological polar surface area (TPSA) is 49.8 Å². The zero-order valence-electron chi connectivity index (χ0n) is 13.9. The first kappa shape index (κ1) is 16.5. The lowest BCUT2D eigenvalue weighted by Crippen LogP contribution is -2.04. The van der Waals surface area contributed by atoms with Crippen molar-refractivity contribution >= 4 is 39.1 Å². The van der Waals surface area contributed by atoms with Gasteiger partial charge in [-0.05, 0) is 60.0 Å².